The Hall–Kier alpha value is -2.20. The van der Waals surface area contributed by atoms with E-state index in [0.29, 0.717) is 0 Å². The molecule has 1 N–H and O–H groups in total. The van der Waals surface area contributed by atoms with Crippen LogP contribution in [0.3, 0.4) is 0 Å². The predicted octanol–water partition coefficient (Wildman–Crippen LogP) is 2.57. The SMILES string of the molecule is Cc1cc(CNCc2ccn(C)n2)c2ccccc2n1. The molecule has 3 rings (SSSR count). The van der Waals surface area contributed by atoms with E-state index in [9.17, 15) is 0 Å². The molecule has 0 bridgehead atoms. The maximum Gasteiger partial charge on any atom is 0.0762 e. The molecule has 0 saturated heterocycles. The number of rotatable bonds is 4. The monoisotopic (exact) mass is 266 g/mol. The molecule has 0 atom stereocenters. The van der Waals surface area contributed by atoms with Gasteiger partial charge in [-0.05, 0) is 30.7 Å². The summed E-state index contributed by atoms with van der Waals surface area (Å²) in [6.07, 6.45) is 1.96. The normalized spacial score (nSPS) is 11.1. The summed E-state index contributed by atoms with van der Waals surface area (Å²) in [5, 5.41) is 9.03. The summed E-state index contributed by atoms with van der Waals surface area (Å²) in [5.41, 5.74) is 4.45. The van der Waals surface area contributed by atoms with Gasteiger partial charge in [0, 0.05) is 37.4 Å². The fraction of sp³-hybridized carbons (Fsp3) is 0.250. The molecule has 0 saturated carbocycles. The fourth-order valence-corrected chi connectivity index (χ4v) is 2.42. The van der Waals surface area contributed by atoms with Gasteiger partial charge in [0.05, 0.1) is 11.2 Å². The van der Waals surface area contributed by atoms with E-state index in [1.54, 1.807) is 0 Å². The van der Waals surface area contributed by atoms with Crippen molar-refractivity contribution in [1.29, 1.82) is 0 Å². The first-order valence-corrected chi connectivity index (χ1v) is 6.77. The van der Waals surface area contributed by atoms with Crippen molar-refractivity contribution in [3.63, 3.8) is 0 Å². The lowest BCUT2D eigenvalue weighted by Crippen LogP contribution is -2.14. The Morgan fingerprint density at radius 1 is 1.15 bits per heavy atom. The van der Waals surface area contributed by atoms with Crippen molar-refractivity contribution in [2.24, 2.45) is 7.05 Å². The molecule has 0 aliphatic carbocycles. The molecular weight excluding hydrogens is 248 g/mol. The third-order valence-electron chi connectivity index (χ3n) is 3.32. The van der Waals surface area contributed by atoms with Crippen LogP contribution in [0.25, 0.3) is 10.9 Å². The van der Waals surface area contributed by atoms with Gasteiger partial charge in [-0.25, -0.2) is 0 Å². The smallest absolute Gasteiger partial charge is 0.0762 e. The molecular formula is C16H18N4. The minimum atomic E-state index is 0.774. The molecule has 0 amide bonds. The van der Waals surface area contributed by atoms with Gasteiger partial charge in [0.25, 0.3) is 0 Å². The molecule has 0 spiro atoms. The minimum absolute atomic E-state index is 0.774. The van der Waals surface area contributed by atoms with Crippen LogP contribution in [-0.2, 0) is 20.1 Å². The van der Waals surface area contributed by atoms with Crippen LogP contribution in [-0.4, -0.2) is 14.8 Å². The van der Waals surface area contributed by atoms with E-state index in [1.165, 1.54) is 10.9 Å². The maximum absolute atomic E-state index is 4.56. The van der Waals surface area contributed by atoms with Gasteiger partial charge in [-0.2, -0.15) is 5.10 Å². The van der Waals surface area contributed by atoms with Crippen molar-refractivity contribution in [3.05, 3.63) is 59.5 Å². The van der Waals surface area contributed by atoms with Gasteiger partial charge < -0.3 is 5.32 Å². The first kappa shape index (κ1) is 12.8. The summed E-state index contributed by atoms with van der Waals surface area (Å²) in [4.78, 5) is 4.56. The highest BCUT2D eigenvalue weighted by atomic mass is 15.3. The number of para-hydroxylation sites is 1. The van der Waals surface area contributed by atoms with E-state index in [0.717, 1.165) is 30.0 Å². The number of aryl methyl sites for hydroxylation is 2. The van der Waals surface area contributed by atoms with Crippen molar-refractivity contribution in [2.45, 2.75) is 20.0 Å². The quantitative estimate of drug-likeness (QED) is 0.789. The summed E-state index contributed by atoms with van der Waals surface area (Å²) in [7, 11) is 1.93. The third kappa shape index (κ3) is 2.70. The summed E-state index contributed by atoms with van der Waals surface area (Å²) in [6, 6.07) is 12.4. The van der Waals surface area contributed by atoms with Crippen LogP contribution in [0.1, 0.15) is 17.0 Å². The number of nitrogens with one attached hydrogen (secondary N) is 1. The predicted molar refractivity (Wildman–Crippen MR) is 80.2 cm³/mol. The van der Waals surface area contributed by atoms with Crippen LogP contribution in [0.2, 0.25) is 0 Å². The summed E-state index contributed by atoms with van der Waals surface area (Å²) in [6.45, 7) is 3.63. The topological polar surface area (TPSA) is 42.7 Å². The first-order valence-electron chi connectivity index (χ1n) is 6.77. The number of aromatic nitrogens is 3. The largest absolute Gasteiger partial charge is 0.307 e. The molecule has 4 nitrogen and oxygen atoms in total. The van der Waals surface area contributed by atoms with Gasteiger partial charge in [-0.1, -0.05) is 18.2 Å². The van der Waals surface area contributed by atoms with Crippen LogP contribution >= 0.6 is 0 Å². The van der Waals surface area contributed by atoms with E-state index >= 15 is 0 Å². The van der Waals surface area contributed by atoms with E-state index < -0.39 is 0 Å². The average Bonchev–Trinajstić information content (AvgIpc) is 2.84. The van der Waals surface area contributed by atoms with E-state index in [-0.39, 0.29) is 0 Å². The Labute approximate surface area is 118 Å². The van der Waals surface area contributed by atoms with Crippen molar-refractivity contribution < 1.29 is 0 Å². The summed E-state index contributed by atoms with van der Waals surface area (Å²) < 4.78 is 1.82. The number of pyridine rings is 1. The van der Waals surface area contributed by atoms with Gasteiger partial charge in [0.1, 0.15) is 0 Å². The van der Waals surface area contributed by atoms with Gasteiger partial charge >= 0.3 is 0 Å². The first-order chi connectivity index (χ1) is 9.72. The average molecular weight is 266 g/mol. The van der Waals surface area contributed by atoms with Crippen molar-refractivity contribution in [2.75, 3.05) is 0 Å². The highest BCUT2D eigenvalue weighted by Crippen LogP contribution is 2.18. The number of fused-ring (bicyclic) bond motifs is 1. The summed E-state index contributed by atoms with van der Waals surface area (Å²) >= 11 is 0. The van der Waals surface area contributed by atoms with Crippen molar-refractivity contribution >= 4 is 10.9 Å². The molecule has 0 radical (unpaired) electrons. The molecule has 2 heterocycles. The van der Waals surface area contributed by atoms with Crippen LogP contribution in [0.5, 0.6) is 0 Å². The Bertz CT molecular complexity index is 730. The number of nitrogens with zero attached hydrogens (tertiary/aromatic N) is 3. The molecule has 0 aliphatic rings. The number of hydrogen-bond acceptors (Lipinski definition) is 3. The molecule has 0 fully saturated rings. The number of hydrogen-bond donors (Lipinski definition) is 1. The van der Waals surface area contributed by atoms with E-state index in [4.69, 9.17) is 0 Å². The van der Waals surface area contributed by atoms with Gasteiger partial charge in [0.2, 0.25) is 0 Å². The van der Waals surface area contributed by atoms with Crippen LogP contribution in [0.15, 0.2) is 42.6 Å². The second-order valence-electron chi connectivity index (χ2n) is 5.02. The molecule has 102 valence electrons. The van der Waals surface area contributed by atoms with E-state index in [1.807, 2.05) is 37.0 Å². The highest BCUT2D eigenvalue weighted by molar-refractivity contribution is 5.82. The molecule has 4 heteroatoms. The minimum Gasteiger partial charge on any atom is -0.307 e. The zero-order valence-electron chi connectivity index (χ0n) is 11.8. The zero-order chi connectivity index (χ0) is 13.9. The zero-order valence-corrected chi connectivity index (χ0v) is 11.8. The third-order valence-corrected chi connectivity index (χ3v) is 3.32. The second-order valence-corrected chi connectivity index (χ2v) is 5.02. The Morgan fingerprint density at radius 3 is 2.80 bits per heavy atom. The lowest BCUT2D eigenvalue weighted by molar-refractivity contribution is 0.658. The Morgan fingerprint density at radius 2 is 2.00 bits per heavy atom. The van der Waals surface area contributed by atoms with Gasteiger partial charge in [-0.3, -0.25) is 9.67 Å². The van der Waals surface area contributed by atoms with Crippen LogP contribution in [0, 0.1) is 6.92 Å². The van der Waals surface area contributed by atoms with Gasteiger partial charge in [-0.15, -0.1) is 0 Å². The highest BCUT2D eigenvalue weighted by Gasteiger charge is 2.04. The molecule has 2 aromatic heterocycles. The molecule has 20 heavy (non-hydrogen) atoms. The Balaban J connectivity index is 1.77. The fourth-order valence-electron chi connectivity index (χ4n) is 2.42. The molecule has 1 aromatic carbocycles. The maximum atomic E-state index is 4.56. The van der Waals surface area contributed by atoms with E-state index in [2.05, 4.69) is 39.7 Å². The molecule has 3 aromatic rings. The van der Waals surface area contributed by atoms with Gasteiger partial charge in [0.15, 0.2) is 0 Å². The van der Waals surface area contributed by atoms with Crippen molar-refractivity contribution in [1.82, 2.24) is 20.1 Å². The van der Waals surface area contributed by atoms with Crippen molar-refractivity contribution in [3.8, 4) is 0 Å². The van der Waals surface area contributed by atoms with Crippen LogP contribution in [0.4, 0.5) is 0 Å². The standard InChI is InChI=1S/C16H18N4/c1-12-9-13(15-5-3-4-6-16(15)18-12)10-17-11-14-7-8-20(2)19-14/h3-9,17H,10-11H2,1-2H3. The lowest BCUT2D eigenvalue weighted by Gasteiger charge is -2.08. The molecule has 0 unspecified atom stereocenters. The number of benzene rings is 1. The Kier molecular flexibility index (Phi) is 3.48. The lowest BCUT2D eigenvalue weighted by atomic mass is 10.1. The van der Waals surface area contributed by atoms with Crippen LogP contribution < -0.4 is 5.32 Å². The molecule has 0 aliphatic heterocycles. The second kappa shape index (κ2) is 5.43. The summed E-state index contributed by atoms with van der Waals surface area (Å²) in [5.74, 6) is 0.